The molecule has 0 saturated carbocycles. The normalized spacial score (nSPS) is 10.2. The summed E-state index contributed by atoms with van der Waals surface area (Å²) in [6.07, 6.45) is 2.63. The molecule has 0 bridgehead atoms. The largest absolute Gasteiger partial charge is 0.384 e. The van der Waals surface area contributed by atoms with Crippen LogP contribution in [-0.2, 0) is 0 Å². The number of nitrogens with zero attached hydrogens (tertiary/aromatic N) is 1. The number of hydrogen-bond donors (Lipinski definition) is 2. The van der Waals surface area contributed by atoms with Gasteiger partial charge in [-0.05, 0) is 24.6 Å². The van der Waals surface area contributed by atoms with Crippen molar-refractivity contribution in [1.29, 1.82) is 0 Å². The lowest BCUT2D eigenvalue weighted by Gasteiger charge is -2.11. The van der Waals surface area contributed by atoms with Gasteiger partial charge in [0.1, 0.15) is 0 Å². The molecule has 100 valence electrons. The molecule has 6 heteroatoms. The van der Waals surface area contributed by atoms with Gasteiger partial charge in [-0.15, -0.1) is 11.3 Å². The Morgan fingerprint density at radius 3 is 3.00 bits per heavy atom. The average Bonchev–Trinajstić information content (AvgIpc) is 2.90. The molecule has 19 heavy (non-hydrogen) atoms. The average molecular weight is 296 g/mol. The molecule has 0 unspecified atom stereocenters. The molecule has 0 atom stereocenters. The van der Waals surface area contributed by atoms with E-state index in [-0.39, 0.29) is 5.91 Å². The molecular weight excluding hydrogens is 282 g/mol. The number of rotatable bonds is 5. The number of anilines is 2. The van der Waals surface area contributed by atoms with Crippen molar-refractivity contribution >= 4 is 39.7 Å². The Hall–Kier alpha value is -1.59. The summed E-state index contributed by atoms with van der Waals surface area (Å²) in [4.78, 5) is 16.2. The number of carbonyl (C=O) groups excluding carboxylic acids is 1. The Kier molecular flexibility index (Phi) is 4.76. The predicted octanol–water partition coefficient (Wildman–Crippen LogP) is 3.87. The van der Waals surface area contributed by atoms with Crippen LogP contribution in [-0.4, -0.2) is 17.4 Å². The van der Waals surface area contributed by atoms with Crippen LogP contribution in [0.1, 0.15) is 23.7 Å². The maximum Gasteiger partial charge on any atom is 0.259 e. The number of amides is 1. The molecule has 4 nitrogen and oxygen atoms in total. The smallest absolute Gasteiger partial charge is 0.259 e. The van der Waals surface area contributed by atoms with Crippen molar-refractivity contribution in [3.8, 4) is 0 Å². The van der Waals surface area contributed by atoms with E-state index in [4.69, 9.17) is 11.6 Å². The monoisotopic (exact) mass is 295 g/mol. The second kappa shape index (κ2) is 6.54. The van der Waals surface area contributed by atoms with Crippen molar-refractivity contribution in [3.05, 3.63) is 40.4 Å². The molecule has 1 amide bonds. The van der Waals surface area contributed by atoms with Crippen LogP contribution in [0.15, 0.2) is 29.8 Å². The van der Waals surface area contributed by atoms with E-state index in [9.17, 15) is 4.79 Å². The highest BCUT2D eigenvalue weighted by atomic mass is 35.5. The number of carbonyl (C=O) groups is 1. The molecule has 1 heterocycles. The Morgan fingerprint density at radius 1 is 1.47 bits per heavy atom. The quantitative estimate of drug-likeness (QED) is 0.880. The van der Waals surface area contributed by atoms with Gasteiger partial charge in [-0.3, -0.25) is 10.1 Å². The summed E-state index contributed by atoms with van der Waals surface area (Å²) in [7, 11) is 0. The zero-order valence-electron chi connectivity index (χ0n) is 10.4. The number of halogens is 1. The first kappa shape index (κ1) is 13.8. The van der Waals surface area contributed by atoms with E-state index in [0.717, 1.165) is 18.7 Å². The fraction of sp³-hybridized carbons (Fsp3) is 0.231. The number of thiazole rings is 1. The Labute approximate surface area is 120 Å². The summed E-state index contributed by atoms with van der Waals surface area (Å²) in [6.45, 7) is 2.87. The molecule has 2 N–H and O–H groups in total. The molecule has 0 spiro atoms. The third kappa shape index (κ3) is 3.68. The van der Waals surface area contributed by atoms with Gasteiger partial charge in [-0.1, -0.05) is 18.5 Å². The van der Waals surface area contributed by atoms with Crippen molar-refractivity contribution < 1.29 is 4.79 Å². The minimum atomic E-state index is -0.212. The third-order valence-electron chi connectivity index (χ3n) is 2.44. The van der Waals surface area contributed by atoms with Crippen LogP contribution in [0.5, 0.6) is 0 Å². The van der Waals surface area contributed by atoms with E-state index in [2.05, 4.69) is 22.5 Å². The highest BCUT2D eigenvalue weighted by Gasteiger charge is 2.13. The first-order valence-electron chi connectivity index (χ1n) is 5.95. The van der Waals surface area contributed by atoms with Crippen molar-refractivity contribution in [2.45, 2.75) is 13.3 Å². The van der Waals surface area contributed by atoms with Crippen LogP contribution in [0.2, 0.25) is 5.02 Å². The Bertz CT molecular complexity index is 557. The molecule has 0 radical (unpaired) electrons. The number of benzene rings is 1. The van der Waals surface area contributed by atoms with Crippen LogP contribution in [0.25, 0.3) is 0 Å². The van der Waals surface area contributed by atoms with E-state index in [1.165, 1.54) is 11.3 Å². The fourth-order valence-electron chi connectivity index (χ4n) is 1.57. The highest BCUT2D eigenvalue weighted by Crippen LogP contribution is 2.22. The number of nitrogens with one attached hydrogen (secondary N) is 2. The Morgan fingerprint density at radius 2 is 2.32 bits per heavy atom. The molecule has 0 aliphatic rings. The topological polar surface area (TPSA) is 54.0 Å². The Balaban J connectivity index is 2.21. The zero-order valence-corrected chi connectivity index (χ0v) is 12.0. The predicted molar refractivity (Wildman–Crippen MR) is 80.3 cm³/mol. The van der Waals surface area contributed by atoms with Gasteiger partial charge in [0.05, 0.1) is 5.56 Å². The maximum absolute atomic E-state index is 12.2. The van der Waals surface area contributed by atoms with Gasteiger partial charge in [0.25, 0.3) is 5.91 Å². The van der Waals surface area contributed by atoms with E-state index in [1.54, 1.807) is 18.3 Å². The van der Waals surface area contributed by atoms with Crippen LogP contribution in [0.4, 0.5) is 10.8 Å². The van der Waals surface area contributed by atoms with Crippen molar-refractivity contribution in [2.75, 3.05) is 17.2 Å². The highest BCUT2D eigenvalue weighted by molar-refractivity contribution is 7.13. The molecule has 1 aromatic heterocycles. The molecule has 1 aromatic carbocycles. The minimum Gasteiger partial charge on any atom is -0.384 e. The SMILES string of the molecule is CCCNc1ccc(Cl)cc1C(=O)Nc1nccs1. The van der Waals surface area contributed by atoms with Gasteiger partial charge in [-0.2, -0.15) is 0 Å². The van der Waals surface area contributed by atoms with E-state index in [0.29, 0.717) is 15.7 Å². The minimum absolute atomic E-state index is 0.212. The van der Waals surface area contributed by atoms with Crippen LogP contribution >= 0.6 is 22.9 Å². The van der Waals surface area contributed by atoms with Gasteiger partial charge in [0.2, 0.25) is 0 Å². The van der Waals surface area contributed by atoms with E-state index < -0.39 is 0 Å². The van der Waals surface area contributed by atoms with Crippen LogP contribution in [0.3, 0.4) is 0 Å². The number of hydrogen-bond acceptors (Lipinski definition) is 4. The number of aromatic nitrogens is 1. The molecule has 2 rings (SSSR count). The lowest BCUT2D eigenvalue weighted by atomic mass is 10.1. The summed E-state index contributed by atoms with van der Waals surface area (Å²) in [6, 6.07) is 5.23. The molecule has 0 fully saturated rings. The molecule has 0 aliphatic heterocycles. The van der Waals surface area contributed by atoms with Crippen LogP contribution in [0, 0.1) is 0 Å². The van der Waals surface area contributed by atoms with Gasteiger partial charge in [0.15, 0.2) is 5.13 Å². The van der Waals surface area contributed by atoms with Crippen molar-refractivity contribution in [2.24, 2.45) is 0 Å². The summed E-state index contributed by atoms with van der Waals surface area (Å²) in [5.41, 5.74) is 1.30. The van der Waals surface area contributed by atoms with Gasteiger partial charge in [0, 0.05) is 28.8 Å². The lowest BCUT2D eigenvalue weighted by Crippen LogP contribution is -2.15. The molecular formula is C13H14ClN3OS. The summed E-state index contributed by atoms with van der Waals surface area (Å²) >= 11 is 7.33. The maximum atomic E-state index is 12.2. The summed E-state index contributed by atoms with van der Waals surface area (Å²) in [5, 5.41) is 8.88. The zero-order chi connectivity index (χ0) is 13.7. The second-order valence-electron chi connectivity index (χ2n) is 3.91. The van der Waals surface area contributed by atoms with E-state index in [1.807, 2.05) is 11.4 Å². The molecule has 2 aromatic rings. The summed E-state index contributed by atoms with van der Waals surface area (Å²) < 4.78 is 0. The van der Waals surface area contributed by atoms with Crippen molar-refractivity contribution in [3.63, 3.8) is 0 Å². The van der Waals surface area contributed by atoms with Crippen LogP contribution < -0.4 is 10.6 Å². The molecule has 0 aliphatic carbocycles. The van der Waals surface area contributed by atoms with Gasteiger partial charge >= 0.3 is 0 Å². The van der Waals surface area contributed by atoms with Gasteiger partial charge in [-0.25, -0.2) is 4.98 Å². The van der Waals surface area contributed by atoms with Crippen molar-refractivity contribution in [1.82, 2.24) is 4.98 Å². The lowest BCUT2D eigenvalue weighted by molar-refractivity contribution is 0.102. The van der Waals surface area contributed by atoms with Gasteiger partial charge < -0.3 is 5.32 Å². The second-order valence-corrected chi connectivity index (χ2v) is 5.24. The summed E-state index contributed by atoms with van der Waals surface area (Å²) in [5.74, 6) is -0.212. The first-order chi connectivity index (χ1) is 9.20. The standard InChI is InChI=1S/C13H14ClN3OS/c1-2-5-15-11-4-3-9(14)8-10(11)12(18)17-13-16-6-7-19-13/h3-4,6-8,15H,2,5H2,1H3,(H,16,17,18). The molecule has 0 saturated heterocycles. The fourth-order valence-corrected chi connectivity index (χ4v) is 2.26. The van der Waals surface area contributed by atoms with E-state index >= 15 is 0 Å². The first-order valence-corrected chi connectivity index (χ1v) is 7.20. The third-order valence-corrected chi connectivity index (χ3v) is 3.37.